The lowest BCUT2D eigenvalue weighted by atomic mass is 9.93. The molecule has 1 nitrogen and oxygen atoms in total. The highest BCUT2D eigenvalue weighted by atomic mass is 19.4. The molecule has 0 unspecified atom stereocenters. The molecule has 1 atom stereocenters. The second kappa shape index (κ2) is 5.34. The van der Waals surface area contributed by atoms with Crippen LogP contribution in [-0.4, -0.2) is 5.78 Å². The largest absolute Gasteiger partial charge is 0.416 e. The monoisotopic (exact) mass is 244 g/mol. The number of halogens is 3. The van der Waals surface area contributed by atoms with Crippen molar-refractivity contribution in [2.45, 2.75) is 32.9 Å². The third-order valence-electron chi connectivity index (χ3n) is 2.83. The van der Waals surface area contributed by atoms with Crippen LogP contribution >= 0.6 is 0 Å². The van der Waals surface area contributed by atoms with Crippen LogP contribution in [0.4, 0.5) is 13.2 Å². The molecule has 0 fully saturated rings. The van der Waals surface area contributed by atoms with Gasteiger partial charge in [-0.15, -0.1) is 0 Å². The van der Waals surface area contributed by atoms with E-state index in [1.165, 1.54) is 19.1 Å². The fourth-order valence-electron chi connectivity index (χ4n) is 1.69. The molecule has 0 saturated heterocycles. The second-order valence-electron chi connectivity index (χ2n) is 4.11. The number of carbonyl (C=O) groups is 1. The predicted molar refractivity (Wildman–Crippen MR) is 59.6 cm³/mol. The van der Waals surface area contributed by atoms with E-state index in [-0.39, 0.29) is 11.7 Å². The summed E-state index contributed by atoms with van der Waals surface area (Å²) in [6, 6.07) is 4.99. The average Bonchev–Trinajstić information content (AvgIpc) is 2.25. The maximum absolute atomic E-state index is 12.3. The van der Waals surface area contributed by atoms with Crippen molar-refractivity contribution in [3.05, 3.63) is 35.4 Å². The van der Waals surface area contributed by atoms with E-state index in [2.05, 4.69) is 0 Å². The summed E-state index contributed by atoms with van der Waals surface area (Å²) in [5.74, 6) is -0.0286. The second-order valence-corrected chi connectivity index (χ2v) is 4.11. The van der Waals surface area contributed by atoms with E-state index in [1.54, 1.807) is 0 Å². The Kier molecular flexibility index (Phi) is 4.32. The summed E-state index contributed by atoms with van der Waals surface area (Å²) in [6.45, 7) is 3.41. The molecule has 4 heteroatoms. The highest BCUT2D eigenvalue weighted by molar-refractivity contribution is 5.78. The normalized spacial score (nSPS) is 13.5. The summed E-state index contributed by atoms with van der Waals surface area (Å²) in [5.41, 5.74) is 0.108. The van der Waals surface area contributed by atoms with E-state index in [1.807, 2.05) is 6.92 Å². The van der Waals surface area contributed by atoms with Crippen LogP contribution in [0.5, 0.6) is 0 Å². The van der Waals surface area contributed by atoms with Gasteiger partial charge in [0.25, 0.3) is 0 Å². The molecule has 0 aliphatic heterocycles. The summed E-state index contributed by atoms with van der Waals surface area (Å²) >= 11 is 0. The number of Topliss-reactive ketones (excluding diaryl/α,β-unsaturated/α-hetero) is 1. The number of carbonyl (C=O) groups excluding carboxylic acids is 1. The Morgan fingerprint density at radius 2 is 1.76 bits per heavy atom. The minimum absolute atomic E-state index is 0.0763. The Morgan fingerprint density at radius 3 is 2.12 bits per heavy atom. The van der Waals surface area contributed by atoms with Gasteiger partial charge in [0.1, 0.15) is 5.78 Å². The first-order chi connectivity index (χ1) is 7.84. The van der Waals surface area contributed by atoms with Gasteiger partial charge in [-0.3, -0.25) is 4.79 Å². The zero-order valence-electron chi connectivity index (χ0n) is 9.84. The van der Waals surface area contributed by atoms with E-state index >= 15 is 0 Å². The minimum Gasteiger partial charge on any atom is -0.300 e. The van der Waals surface area contributed by atoms with Crippen molar-refractivity contribution in [3.63, 3.8) is 0 Å². The Labute approximate surface area is 98.6 Å². The van der Waals surface area contributed by atoms with Gasteiger partial charge >= 0.3 is 6.18 Å². The lowest BCUT2D eigenvalue weighted by Crippen LogP contribution is -2.13. The van der Waals surface area contributed by atoms with Crippen molar-refractivity contribution in [2.24, 2.45) is 5.92 Å². The molecule has 0 spiro atoms. The molecule has 94 valence electrons. The average molecular weight is 244 g/mol. The van der Waals surface area contributed by atoms with Gasteiger partial charge in [0.2, 0.25) is 0 Å². The Bertz CT molecular complexity index is 379. The molecule has 0 N–H and O–H groups in total. The fourth-order valence-corrected chi connectivity index (χ4v) is 1.69. The summed E-state index contributed by atoms with van der Waals surface area (Å²) in [7, 11) is 0. The Hall–Kier alpha value is -1.32. The van der Waals surface area contributed by atoms with Crippen LogP contribution in [0.2, 0.25) is 0 Å². The topological polar surface area (TPSA) is 17.1 Å². The third kappa shape index (κ3) is 3.88. The summed E-state index contributed by atoms with van der Waals surface area (Å²) in [5, 5.41) is 0. The number of hydrogen-bond acceptors (Lipinski definition) is 1. The lowest BCUT2D eigenvalue weighted by Gasteiger charge is -2.12. The molecule has 0 radical (unpaired) electrons. The maximum atomic E-state index is 12.3. The predicted octanol–water partition coefficient (Wildman–Crippen LogP) is 3.86. The minimum atomic E-state index is -4.30. The van der Waals surface area contributed by atoms with Crippen LogP contribution in [0.25, 0.3) is 0 Å². The molecule has 0 amide bonds. The highest BCUT2D eigenvalue weighted by Crippen LogP contribution is 2.29. The van der Waals surface area contributed by atoms with Crippen molar-refractivity contribution in [1.29, 1.82) is 0 Å². The summed E-state index contributed by atoms with van der Waals surface area (Å²) in [4.78, 5) is 11.2. The molecule has 17 heavy (non-hydrogen) atoms. The molecule has 0 heterocycles. The van der Waals surface area contributed by atoms with Crippen LogP contribution in [0, 0.1) is 5.92 Å². The van der Waals surface area contributed by atoms with E-state index in [9.17, 15) is 18.0 Å². The van der Waals surface area contributed by atoms with Crippen molar-refractivity contribution in [3.8, 4) is 0 Å². The lowest BCUT2D eigenvalue weighted by molar-refractivity contribution is -0.137. The summed E-state index contributed by atoms with van der Waals surface area (Å²) < 4.78 is 37.0. The van der Waals surface area contributed by atoms with Crippen LogP contribution in [0.3, 0.4) is 0 Å². The van der Waals surface area contributed by atoms with Crippen LogP contribution < -0.4 is 0 Å². The standard InChI is InChI=1S/C13H15F3O/c1-3-11(9(2)17)8-10-4-6-12(7-5-10)13(14,15)16/h4-7,11H,3,8H2,1-2H3/t11-/m1/s1. The number of alkyl halides is 3. The zero-order chi connectivity index (χ0) is 13.1. The van der Waals surface area contributed by atoms with E-state index in [0.717, 1.165) is 17.7 Å². The van der Waals surface area contributed by atoms with E-state index in [4.69, 9.17) is 0 Å². The Morgan fingerprint density at radius 1 is 1.24 bits per heavy atom. The fraction of sp³-hybridized carbons (Fsp3) is 0.462. The number of benzene rings is 1. The number of rotatable bonds is 4. The van der Waals surface area contributed by atoms with Gasteiger partial charge in [-0.05, 0) is 37.5 Å². The molecule has 0 saturated carbocycles. The molecular formula is C13H15F3O. The maximum Gasteiger partial charge on any atom is 0.416 e. The van der Waals surface area contributed by atoms with E-state index in [0.29, 0.717) is 12.8 Å². The smallest absolute Gasteiger partial charge is 0.300 e. The molecule has 0 aromatic heterocycles. The van der Waals surface area contributed by atoms with Crippen molar-refractivity contribution in [1.82, 2.24) is 0 Å². The SMILES string of the molecule is CC[C@H](Cc1ccc(C(F)(F)F)cc1)C(C)=O. The van der Waals surface area contributed by atoms with Gasteiger partial charge in [0, 0.05) is 5.92 Å². The van der Waals surface area contributed by atoms with Gasteiger partial charge in [-0.1, -0.05) is 19.1 Å². The molecule has 1 aromatic rings. The highest BCUT2D eigenvalue weighted by Gasteiger charge is 2.30. The molecule has 0 aliphatic carbocycles. The van der Waals surface area contributed by atoms with E-state index < -0.39 is 11.7 Å². The third-order valence-corrected chi connectivity index (χ3v) is 2.83. The van der Waals surface area contributed by atoms with Crippen LogP contribution in [0.1, 0.15) is 31.4 Å². The first-order valence-electron chi connectivity index (χ1n) is 5.51. The molecule has 1 rings (SSSR count). The first-order valence-corrected chi connectivity index (χ1v) is 5.51. The molecule has 0 aliphatic rings. The molecular weight excluding hydrogens is 229 g/mol. The van der Waals surface area contributed by atoms with Crippen molar-refractivity contribution < 1.29 is 18.0 Å². The number of hydrogen-bond donors (Lipinski definition) is 0. The van der Waals surface area contributed by atoms with Gasteiger partial charge in [-0.25, -0.2) is 0 Å². The quantitative estimate of drug-likeness (QED) is 0.786. The number of ketones is 1. The molecule has 1 aromatic carbocycles. The van der Waals surface area contributed by atoms with Crippen LogP contribution in [0.15, 0.2) is 24.3 Å². The first kappa shape index (κ1) is 13.7. The van der Waals surface area contributed by atoms with Gasteiger partial charge in [-0.2, -0.15) is 13.2 Å². The molecule has 0 bridgehead atoms. The van der Waals surface area contributed by atoms with Crippen molar-refractivity contribution >= 4 is 5.78 Å². The zero-order valence-corrected chi connectivity index (χ0v) is 9.84. The summed E-state index contributed by atoms with van der Waals surface area (Å²) in [6.07, 6.45) is -3.09. The van der Waals surface area contributed by atoms with Gasteiger partial charge in [0.15, 0.2) is 0 Å². The van der Waals surface area contributed by atoms with Gasteiger partial charge < -0.3 is 0 Å². The van der Waals surface area contributed by atoms with Crippen LogP contribution in [-0.2, 0) is 17.4 Å². The van der Waals surface area contributed by atoms with Gasteiger partial charge in [0.05, 0.1) is 5.56 Å². The van der Waals surface area contributed by atoms with Crippen molar-refractivity contribution in [2.75, 3.05) is 0 Å². The Balaban J connectivity index is 2.78.